The zero-order valence-electron chi connectivity index (χ0n) is 18.7. The first-order valence-corrected chi connectivity index (χ1v) is 15.9. The van der Waals surface area contributed by atoms with Crippen LogP contribution < -0.4 is 0 Å². The van der Waals surface area contributed by atoms with Crippen molar-refractivity contribution in [3.63, 3.8) is 0 Å². The molecule has 0 heterocycles. The van der Waals surface area contributed by atoms with Crippen LogP contribution in [-0.4, -0.2) is 102 Å². The van der Waals surface area contributed by atoms with Crippen LogP contribution in [0.4, 0.5) is 0 Å². The molecule has 1 N–H and O–H groups in total. The van der Waals surface area contributed by atoms with Gasteiger partial charge in [0.2, 0.25) is 0 Å². The smallest absolute Gasteiger partial charge is 0.331 e. The summed E-state index contributed by atoms with van der Waals surface area (Å²) in [5, 5.41) is 8.31. The molecule has 210 valence electrons. The molecule has 0 amide bonds. The molecule has 0 aliphatic heterocycles. The minimum atomic E-state index is -1.28. The molecule has 0 radical (unpaired) electrons. The molecule has 0 rings (SSSR count). The maximum absolute atomic E-state index is 11.4. The standard InChI is InChI=1S/C13H20O8S4.C4H8O3S4/c14-9(1-22)18-5-13(6-19-10(15)2-23,7-20-11(16)3-24)8-21-12(17)4-25;5-1-2-7-3(6)4(10-8)11-9/h22-25H,1-8H2;4-5,8-9H,1-2H2. The molecule has 0 aliphatic rings. The van der Waals surface area contributed by atoms with Crippen LogP contribution in [0.3, 0.4) is 0 Å². The molecule has 19 heteroatoms. The Labute approximate surface area is 249 Å². The van der Waals surface area contributed by atoms with Crippen molar-refractivity contribution in [1.82, 2.24) is 0 Å². The fraction of sp³-hybridized carbons (Fsp3) is 0.706. The predicted octanol–water partition coefficient (Wildman–Crippen LogP) is 0.869. The molecule has 0 atom stereocenters. The maximum Gasteiger partial charge on any atom is 0.331 e. The number of thiol groups is 6. The van der Waals surface area contributed by atoms with Crippen molar-refractivity contribution in [2.45, 2.75) is 4.58 Å². The van der Waals surface area contributed by atoms with E-state index < -0.39 is 39.8 Å². The van der Waals surface area contributed by atoms with Crippen LogP contribution in [0.25, 0.3) is 0 Å². The maximum atomic E-state index is 11.4. The fourth-order valence-electron chi connectivity index (χ4n) is 1.69. The molecule has 0 aromatic rings. The van der Waals surface area contributed by atoms with Crippen molar-refractivity contribution >= 4 is 125 Å². The number of carbonyl (C=O) groups is 5. The summed E-state index contributed by atoms with van der Waals surface area (Å²) in [5.74, 6) is -3.72. The molecule has 0 saturated heterocycles. The Bertz CT molecular complexity index is 593. The first-order valence-electron chi connectivity index (χ1n) is 9.52. The molecular formula is C17H28O11S8. The summed E-state index contributed by atoms with van der Waals surface area (Å²) >= 11 is 22.8. The van der Waals surface area contributed by atoms with Crippen LogP contribution >= 0.6 is 95.4 Å². The number of esters is 5. The van der Waals surface area contributed by atoms with Crippen molar-refractivity contribution in [1.29, 1.82) is 0 Å². The Morgan fingerprint density at radius 3 is 1.17 bits per heavy atom. The third-order valence-corrected chi connectivity index (χ3v) is 7.89. The summed E-state index contributed by atoms with van der Waals surface area (Å²) in [6.07, 6.45) is 0. The van der Waals surface area contributed by atoms with Gasteiger partial charge in [-0.25, -0.2) is 4.79 Å². The van der Waals surface area contributed by atoms with Crippen LogP contribution in [0.5, 0.6) is 0 Å². The molecule has 0 spiro atoms. The lowest BCUT2D eigenvalue weighted by Gasteiger charge is -2.31. The minimum absolute atomic E-state index is 0.0258. The van der Waals surface area contributed by atoms with Gasteiger partial charge >= 0.3 is 29.8 Å². The fourth-order valence-corrected chi connectivity index (χ4v) is 4.42. The van der Waals surface area contributed by atoms with Crippen molar-refractivity contribution in [2.75, 3.05) is 62.7 Å². The summed E-state index contributed by atoms with van der Waals surface area (Å²) in [6.45, 7) is -1.44. The highest BCUT2D eigenvalue weighted by atomic mass is 33.1. The lowest BCUT2D eigenvalue weighted by Crippen LogP contribution is -2.44. The van der Waals surface area contributed by atoms with Gasteiger partial charge in [-0.1, -0.05) is 21.6 Å². The highest BCUT2D eigenvalue weighted by Gasteiger charge is 2.37. The molecule has 0 bridgehead atoms. The van der Waals surface area contributed by atoms with Gasteiger partial charge in [0.05, 0.1) is 29.6 Å². The summed E-state index contributed by atoms with van der Waals surface area (Å²) < 4.78 is 24.2. The Hall–Kier alpha value is 0.110. The summed E-state index contributed by atoms with van der Waals surface area (Å²) in [5.41, 5.74) is -1.28. The van der Waals surface area contributed by atoms with E-state index in [1.807, 2.05) is 0 Å². The van der Waals surface area contributed by atoms with E-state index in [1.165, 1.54) is 0 Å². The number of aliphatic hydroxyl groups is 1. The van der Waals surface area contributed by atoms with Crippen LogP contribution in [0, 0.1) is 5.41 Å². The number of aliphatic hydroxyl groups excluding tert-OH is 1. The largest absolute Gasteiger partial charge is 0.464 e. The first-order chi connectivity index (χ1) is 17.1. The van der Waals surface area contributed by atoms with E-state index in [2.05, 4.69) is 78.6 Å². The second kappa shape index (κ2) is 24.2. The van der Waals surface area contributed by atoms with Crippen LogP contribution in [0.15, 0.2) is 0 Å². The third kappa shape index (κ3) is 19.2. The van der Waals surface area contributed by atoms with Crippen LogP contribution in [-0.2, 0) is 47.7 Å². The highest BCUT2D eigenvalue weighted by molar-refractivity contribution is 8.78. The molecule has 0 fully saturated rings. The van der Waals surface area contributed by atoms with E-state index in [0.29, 0.717) is 0 Å². The molecule has 0 aliphatic carbocycles. The Morgan fingerprint density at radius 2 is 0.944 bits per heavy atom. The van der Waals surface area contributed by atoms with Crippen LogP contribution in [0.1, 0.15) is 0 Å². The van der Waals surface area contributed by atoms with Gasteiger partial charge in [0.15, 0.2) is 4.58 Å². The van der Waals surface area contributed by atoms with E-state index in [-0.39, 0.29) is 62.7 Å². The molecule has 36 heavy (non-hydrogen) atoms. The number of hydrogen-bond donors (Lipinski definition) is 7. The monoisotopic (exact) mass is 664 g/mol. The van der Waals surface area contributed by atoms with E-state index in [4.69, 9.17) is 24.1 Å². The lowest BCUT2D eigenvalue weighted by molar-refractivity contribution is -0.167. The third-order valence-electron chi connectivity index (χ3n) is 3.39. The molecule has 0 saturated carbocycles. The molecule has 0 aromatic heterocycles. The van der Waals surface area contributed by atoms with E-state index in [9.17, 15) is 24.0 Å². The van der Waals surface area contributed by atoms with Crippen molar-refractivity contribution in [3.05, 3.63) is 0 Å². The molecule has 11 nitrogen and oxygen atoms in total. The molecular weight excluding hydrogens is 637 g/mol. The van der Waals surface area contributed by atoms with Gasteiger partial charge < -0.3 is 28.8 Å². The van der Waals surface area contributed by atoms with Crippen molar-refractivity contribution in [2.24, 2.45) is 5.41 Å². The van der Waals surface area contributed by atoms with Gasteiger partial charge in [-0.2, -0.15) is 50.5 Å². The quantitative estimate of drug-likeness (QED) is 0.0388. The lowest BCUT2D eigenvalue weighted by atomic mass is 9.92. The Morgan fingerprint density at radius 1 is 0.639 bits per heavy atom. The van der Waals surface area contributed by atoms with Gasteiger partial charge in [0.1, 0.15) is 38.4 Å². The number of carbonyl (C=O) groups excluding carboxylic acids is 5. The summed E-state index contributed by atoms with van der Waals surface area (Å²) in [4.78, 5) is 56.4. The summed E-state index contributed by atoms with van der Waals surface area (Å²) in [7, 11) is 2.11. The second-order valence-electron chi connectivity index (χ2n) is 6.21. The molecule has 0 unspecified atom stereocenters. The van der Waals surface area contributed by atoms with Gasteiger partial charge in [-0.05, 0) is 0 Å². The summed E-state index contributed by atoms with van der Waals surface area (Å²) in [6, 6.07) is 0. The van der Waals surface area contributed by atoms with E-state index >= 15 is 0 Å². The highest BCUT2D eigenvalue weighted by Crippen LogP contribution is 2.29. The topological polar surface area (TPSA) is 152 Å². The predicted molar refractivity (Wildman–Crippen MR) is 157 cm³/mol. The average molecular weight is 665 g/mol. The molecule has 0 aromatic carbocycles. The Balaban J connectivity index is 0. The SMILES string of the molecule is O=C(CS)OCC(COC(=O)CS)(COC(=O)CS)COC(=O)CS.O=C(OCCO)C(SS)SS. The Kier molecular flexibility index (Phi) is 25.7. The van der Waals surface area contributed by atoms with E-state index in [1.54, 1.807) is 0 Å². The number of hydrogen-bond acceptors (Lipinski definition) is 19. The first kappa shape index (κ1) is 38.3. The zero-order valence-corrected chi connectivity index (χ0v) is 25.7. The van der Waals surface area contributed by atoms with Crippen molar-refractivity contribution in [3.8, 4) is 0 Å². The number of ether oxygens (including phenoxy) is 5. The zero-order chi connectivity index (χ0) is 28.0. The van der Waals surface area contributed by atoms with E-state index in [0.717, 1.165) is 21.6 Å². The number of rotatable bonds is 17. The van der Waals surface area contributed by atoms with Gasteiger partial charge in [-0.15, -0.1) is 23.3 Å². The normalized spacial score (nSPS) is 10.6. The second-order valence-corrected chi connectivity index (χ2v) is 10.4. The van der Waals surface area contributed by atoms with Gasteiger partial charge in [-0.3, -0.25) is 19.2 Å². The van der Waals surface area contributed by atoms with Crippen LogP contribution in [0.2, 0.25) is 0 Å². The minimum Gasteiger partial charge on any atom is -0.464 e. The average Bonchev–Trinajstić information content (AvgIpc) is 2.90. The van der Waals surface area contributed by atoms with Gasteiger partial charge in [0, 0.05) is 0 Å². The van der Waals surface area contributed by atoms with Gasteiger partial charge in [0.25, 0.3) is 0 Å². The van der Waals surface area contributed by atoms with Crippen molar-refractivity contribution < 1.29 is 52.8 Å².